The van der Waals surface area contributed by atoms with Crippen molar-refractivity contribution in [2.75, 3.05) is 0 Å². The van der Waals surface area contributed by atoms with E-state index in [9.17, 15) is 9.59 Å². The van der Waals surface area contributed by atoms with Crippen LogP contribution in [0.5, 0.6) is 0 Å². The molecule has 0 amide bonds. The Morgan fingerprint density at radius 1 is 0.850 bits per heavy atom. The SMILES string of the molecule is CC1=CC(C)C(C=O)CC1.CC1=CC(C)C(C=O)CC1. The summed E-state index contributed by atoms with van der Waals surface area (Å²) in [5.41, 5.74) is 2.87. The van der Waals surface area contributed by atoms with Crippen LogP contribution in [0, 0.1) is 23.7 Å². The van der Waals surface area contributed by atoms with Crippen molar-refractivity contribution in [3.63, 3.8) is 0 Å². The van der Waals surface area contributed by atoms with Gasteiger partial charge in [-0.05, 0) is 51.4 Å². The molecule has 0 saturated carbocycles. The van der Waals surface area contributed by atoms with E-state index in [0.717, 1.165) is 38.3 Å². The zero-order valence-electron chi connectivity index (χ0n) is 13.3. The zero-order valence-corrected chi connectivity index (χ0v) is 13.3. The Hall–Kier alpha value is -1.18. The summed E-state index contributed by atoms with van der Waals surface area (Å²) < 4.78 is 0. The first kappa shape index (κ1) is 16.9. The van der Waals surface area contributed by atoms with E-state index in [2.05, 4.69) is 39.8 Å². The molecule has 0 aromatic heterocycles. The van der Waals surface area contributed by atoms with Gasteiger partial charge in [-0.1, -0.05) is 37.1 Å². The highest BCUT2D eigenvalue weighted by molar-refractivity contribution is 5.55. The van der Waals surface area contributed by atoms with Gasteiger partial charge in [-0.2, -0.15) is 0 Å². The quantitative estimate of drug-likeness (QED) is 0.555. The molecule has 2 nitrogen and oxygen atoms in total. The summed E-state index contributed by atoms with van der Waals surface area (Å²) in [4.78, 5) is 20.9. The second-order valence-corrected chi connectivity index (χ2v) is 6.42. The number of aldehydes is 2. The highest BCUT2D eigenvalue weighted by Gasteiger charge is 2.19. The third-order valence-corrected chi connectivity index (χ3v) is 4.54. The van der Waals surface area contributed by atoms with E-state index in [4.69, 9.17) is 0 Å². The molecule has 2 aliphatic rings. The molecule has 2 aliphatic carbocycles. The lowest BCUT2D eigenvalue weighted by atomic mass is 9.83. The van der Waals surface area contributed by atoms with Crippen molar-refractivity contribution in [1.29, 1.82) is 0 Å². The number of hydrogen-bond donors (Lipinski definition) is 0. The highest BCUT2D eigenvalue weighted by atomic mass is 16.1. The van der Waals surface area contributed by atoms with Gasteiger partial charge in [-0.3, -0.25) is 0 Å². The Bertz CT molecular complexity index is 354. The van der Waals surface area contributed by atoms with Crippen molar-refractivity contribution < 1.29 is 9.59 Å². The monoisotopic (exact) mass is 276 g/mol. The topological polar surface area (TPSA) is 34.1 Å². The molecule has 2 heteroatoms. The molecule has 20 heavy (non-hydrogen) atoms. The summed E-state index contributed by atoms with van der Waals surface area (Å²) in [5, 5.41) is 0. The Balaban J connectivity index is 0.000000200. The molecule has 0 aromatic carbocycles. The van der Waals surface area contributed by atoms with E-state index in [0.29, 0.717) is 11.8 Å². The predicted molar refractivity (Wildman–Crippen MR) is 83.4 cm³/mol. The number of carbonyl (C=O) groups excluding carboxylic acids is 2. The minimum Gasteiger partial charge on any atom is -0.303 e. The molecule has 0 radical (unpaired) electrons. The first-order valence-corrected chi connectivity index (χ1v) is 7.73. The predicted octanol–water partition coefficient (Wildman–Crippen LogP) is 4.36. The van der Waals surface area contributed by atoms with Gasteiger partial charge in [0.25, 0.3) is 0 Å². The van der Waals surface area contributed by atoms with Crippen LogP contribution in [0.15, 0.2) is 23.3 Å². The van der Waals surface area contributed by atoms with E-state index >= 15 is 0 Å². The largest absolute Gasteiger partial charge is 0.303 e. The van der Waals surface area contributed by atoms with Crippen LogP contribution in [-0.4, -0.2) is 12.6 Å². The molecule has 0 spiro atoms. The Morgan fingerprint density at radius 2 is 1.20 bits per heavy atom. The smallest absolute Gasteiger partial charge is 0.123 e. The van der Waals surface area contributed by atoms with Crippen LogP contribution in [0.4, 0.5) is 0 Å². The fraction of sp³-hybridized carbons (Fsp3) is 0.667. The summed E-state index contributed by atoms with van der Waals surface area (Å²) in [6.07, 6.45) is 10.9. The van der Waals surface area contributed by atoms with E-state index in [1.165, 1.54) is 11.1 Å². The fourth-order valence-corrected chi connectivity index (χ4v) is 3.01. The number of allylic oxidation sites excluding steroid dienone is 4. The second kappa shape index (κ2) is 8.18. The van der Waals surface area contributed by atoms with Crippen LogP contribution in [-0.2, 0) is 9.59 Å². The number of rotatable bonds is 2. The minimum absolute atomic E-state index is 0.281. The number of hydrogen-bond acceptors (Lipinski definition) is 2. The van der Waals surface area contributed by atoms with Gasteiger partial charge < -0.3 is 9.59 Å². The van der Waals surface area contributed by atoms with Gasteiger partial charge in [0, 0.05) is 11.8 Å². The molecule has 2 rings (SSSR count). The van der Waals surface area contributed by atoms with Crippen molar-refractivity contribution in [2.45, 2.75) is 53.4 Å². The summed E-state index contributed by atoms with van der Waals surface area (Å²) in [6.45, 7) is 8.50. The average Bonchev–Trinajstić information content (AvgIpc) is 2.40. The third kappa shape index (κ3) is 5.07. The van der Waals surface area contributed by atoms with Crippen molar-refractivity contribution in [3.05, 3.63) is 23.3 Å². The average molecular weight is 276 g/mol. The number of carbonyl (C=O) groups is 2. The van der Waals surface area contributed by atoms with Crippen molar-refractivity contribution in [3.8, 4) is 0 Å². The van der Waals surface area contributed by atoms with Gasteiger partial charge in [0.2, 0.25) is 0 Å². The van der Waals surface area contributed by atoms with Crippen LogP contribution >= 0.6 is 0 Å². The molecule has 0 aromatic rings. The summed E-state index contributed by atoms with van der Waals surface area (Å²) >= 11 is 0. The Kier molecular flexibility index (Phi) is 6.90. The first-order chi connectivity index (χ1) is 9.47. The van der Waals surface area contributed by atoms with Gasteiger partial charge in [-0.15, -0.1) is 0 Å². The lowest BCUT2D eigenvalue weighted by molar-refractivity contribution is -0.113. The maximum absolute atomic E-state index is 10.4. The Morgan fingerprint density at radius 3 is 1.45 bits per heavy atom. The van der Waals surface area contributed by atoms with Crippen LogP contribution in [0.1, 0.15) is 53.4 Å². The molecule has 112 valence electrons. The summed E-state index contributed by atoms with van der Waals surface area (Å²) in [5.74, 6) is 1.49. The van der Waals surface area contributed by atoms with Crippen molar-refractivity contribution in [2.24, 2.45) is 23.7 Å². The van der Waals surface area contributed by atoms with Gasteiger partial charge in [0.1, 0.15) is 12.6 Å². The van der Waals surface area contributed by atoms with Gasteiger partial charge in [-0.25, -0.2) is 0 Å². The minimum atomic E-state index is 0.281. The van der Waals surface area contributed by atoms with Gasteiger partial charge in [0.05, 0.1) is 0 Å². The van der Waals surface area contributed by atoms with E-state index in [-0.39, 0.29) is 11.8 Å². The van der Waals surface area contributed by atoms with E-state index in [1.54, 1.807) is 0 Å². The van der Waals surface area contributed by atoms with Gasteiger partial charge in [0.15, 0.2) is 0 Å². The third-order valence-electron chi connectivity index (χ3n) is 4.54. The van der Waals surface area contributed by atoms with Crippen LogP contribution < -0.4 is 0 Å². The van der Waals surface area contributed by atoms with Crippen LogP contribution in [0.3, 0.4) is 0 Å². The molecule has 4 atom stereocenters. The van der Waals surface area contributed by atoms with E-state index < -0.39 is 0 Å². The normalized spacial score (nSPS) is 33.2. The van der Waals surface area contributed by atoms with E-state index in [1.807, 2.05) is 0 Å². The maximum atomic E-state index is 10.4. The maximum Gasteiger partial charge on any atom is 0.123 e. The first-order valence-electron chi connectivity index (χ1n) is 7.73. The van der Waals surface area contributed by atoms with Crippen LogP contribution in [0.25, 0.3) is 0 Å². The fourth-order valence-electron chi connectivity index (χ4n) is 3.01. The lowest BCUT2D eigenvalue weighted by Gasteiger charge is -2.21. The molecule has 0 aliphatic heterocycles. The highest BCUT2D eigenvalue weighted by Crippen LogP contribution is 2.27. The standard InChI is InChI=1S/2C9H14O/c2*1-7-3-4-9(6-10)8(2)5-7/h2*5-6,8-9H,3-4H2,1-2H3. The molecule has 0 bridgehead atoms. The summed E-state index contributed by atoms with van der Waals surface area (Å²) in [6, 6.07) is 0. The summed E-state index contributed by atoms with van der Waals surface area (Å²) in [7, 11) is 0. The molecular weight excluding hydrogens is 248 g/mol. The molecule has 4 unspecified atom stereocenters. The molecule has 0 heterocycles. The Labute approximate surface area is 123 Å². The van der Waals surface area contributed by atoms with Crippen molar-refractivity contribution >= 4 is 12.6 Å². The zero-order chi connectivity index (χ0) is 15.1. The molecule has 0 saturated heterocycles. The van der Waals surface area contributed by atoms with Crippen molar-refractivity contribution in [1.82, 2.24) is 0 Å². The molecule has 0 N–H and O–H groups in total. The molecular formula is C18H28O2. The van der Waals surface area contributed by atoms with Gasteiger partial charge >= 0.3 is 0 Å². The van der Waals surface area contributed by atoms with Crippen LogP contribution in [0.2, 0.25) is 0 Å². The lowest BCUT2D eigenvalue weighted by Crippen LogP contribution is -2.15. The molecule has 0 fully saturated rings. The second-order valence-electron chi connectivity index (χ2n) is 6.42.